The van der Waals surface area contributed by atoms with Crippen LogP contribution in [-0.2, 0) is 29.1 Å². The van der Waals surface area contributed by atoms with E-state index in [1.165, 1.54) is 11.0 Å². The van der Waals surface area contributed by atoms with Gasteiger partial charge in [-0.2, -0.15) is 0 Å². The highest BCUT2D eigenvalue weighted by molar-refractivity contribution is 7.91. The molecule has 4 heterocycles. The van der Waals surface area contributed by atoms with E-state index in [-0.39, 0.29) is 43.3 Å². The number of hydrogen-bond donors (Lipinski definition) is 3. The third-order valence-electron chi connectivity index (χ3n) is 11.9. The molecule has 1 aromatic carbocycles. The molecule has 0 spiro atoms. The summed E-state index contributed by atoms with van der Waals surface area (Å²) in [5, 5.41) is 5.28. The molecule has 3 aliphatic heterocycles. The van der Waals surface area contributed by atoms with Crippen LogP contribution in [-0.4, -0.2) is 113 Å². The number of nitrogens with zero attached hydrogens (tertiary/aromatic N) is 4. The van der Waals surface area contributed by atoms with Gasteiger partial charge in [-0.1, -0.05) is 37.1 Å². The highest BCUT2D eigenvalue weighted by Crippen LogP contribution is 2.45. The number of hydrogen-bond acceptors (Lipinski definition) is 10. The molecule has 2 saturated heterocycles. The molecule has 3 N–H and O–H groups in total. The minimum atomic E-state index is -3.89. The van der Waals surface area contributed by atoms with Gasteiger partial charge in [0, 0.05) is 32.0 Å². The lowest BCUT2D eigenvalue weighted by Crippen LogP contribution is -2.59. The van der Waals surface area contributed by atoms with Gasteiger partial charge in [-0.15, -0.1) is 6.58 Å². The van der Waals surface area contributed by atoms with Crippen LogP contribution in [0.1, 0.15) is 76.3 Å². The average molecular weight is 776 g/mol. The summed E-state index contributed by atoms with van der Waals surface area (Å²) in [5.74, 6) is -2.23. The lowest BCUT2D eigenvalue weighted by atomic mass is 9.96. The molecule has 2 aromatic rings. The number of fused-ring (bicyclic) bond motifs is 6. The second-order valence-corrected chi connectivity index (χ2v) is 17.8. The molecule has 8 rings (SSSR count). The molecule has 15 nitrogen and oxygen atoms in total. The van der Waals surface area contributed by atoms with Crippen LogP contribution in [0, 0.1) is 11.8 Å². The Labute approximate surface area is 320 Å². The Morgan fingerprint density at radius 1 is 1.00 bits per heavy atom. The largest absolute Gasteiger partial charge is 0.471 e. The van der Waals surface area contributed by atoms with Crippen LogP contribution < -0.4 is 20.1 Å². The van der Waals surface area contributed by atoms with Gasteiger partial charge in [0.05, 0.1) is 28.9 Å². The Morgan fingerprint density at radius 2 is 1.76 bits per heavy atom. The minimum Gasteiger partial charge on any atom is -0.471 e. The number of allylic oxidation sites excluding steroid dienone is 1. The number of rotatable bonds is 7. The van der Waals surface area contributed by atoms with Crippen molar-refractivity contribution >= 4 is 50.9 Å². The van der Waals surface area contributed by atoms with Crippen molar-refractivity contribution < 1.29 is 37.1 Å². The predicted molar refractivity (Wildman–Crippen MR) is 202 cm³/mol. The number of sulfonamides is 1. The number of para-hydroxylation sites is 2. The van der Waals surface area contributed by atoms with Gasteiger partial charge in [-0.05, 0) is 75.5 Å². The topological polar surface area (TPSA) is 189 Å². The molecule has 0 radical (unpaired) electrons. The van der Waals surface area contributed by atoms with Crippen LogP contribution in [0.5, 0.6) is 5.88 Å². The summed E-state index contributed by atoms with van der Waals surface area (Å²) in [4.78, 5) is 69.4. The summed E-state index contributed by atoms with van der Waals surface area (Å²) in [7, 11) is -3.89. The Hall–Kier alpha value is -4.57. The van der Waals surface area contributed by atoms with E-state index in [9.17, 15) is 27.6 Å². The van der Waals surface area contributed by atoms with Crippen molar-refractivity contribution in [2.45, 2.75) is 106 Å². The van der Waals surface area contributed by atoms with E-state index in [0.29, 0.717) is 62.1 Å². The normalized spacial score (nSPS) is 30.4. The molecule has 1 aromatic heterocycles. The molecule has 4 bridgehead atoms. The lowest BCUT2D eigenvalue weighted by Gasteiger charge is -2.33. The van der Waals surface area contributed by atoms with Crippen LogP contribution in [0.3, 0.4) is 0 Å². The predicted octanol–water partition coefficient (Wildman–Crippen LogP) is 2.81. The summed E-state index contributed by atoms with van der Waals surface area (Å²) in [6.07, 6.45) is 11.2. The van der Waals surface area contributed by atoms with Crippen LogP contribution in [0.2, 0.25) is 0 Å². The number of ether oxygens (including phenoxy) is 2. The maximum atomic E-state index is 14.8. The molecule has 55 heavy (non-hydrogen) atoms. The molecule has 5 amide bonds. The van der Waals surface area contributed by atoms with Gasteiger partial charge in [0.15, 0.2) is 0 Å². The van der Waals surface area contributed by atoms with Gasteiger partial charge in [-0.3, -0.25) is 19.1 Å². The zero-order chi connectivity index (χ0) is 38.3. The number of aromatic nitrogens is 2. The second kappa shape index (κ2) is 15.2. The molecule has 294 valence electrons. The van der Waals surface area contributed by atoms with Crippen molar-refractivity contribution in [2.75, 3.05) is 26.2 Å². The van der Waals surface area contributed by atoms with Gasteiger partial charge in [0.2, 0.25) is 27.7 Å². The van der Waals surface area contributed by atoms with Crippen molar-refractivity contribution in [2.24, 2.45) is 11.8 Å². The van der Waals surface area contributed by atoms with Gasteiger partial charge >= 0.3 is 6.03 Å². The molecule has 16 heteroatoms. The van der Waals surface area contributed by atoms with Crippen LogP contribution in [0.15, 0.2) is 43.0 Å². The van der Waals surface area contributed by atoms with Crippen molar-refractivity contribution in [3.05, 3.63) is 48.7 Å². The van der Waals surface area contributed by atoms with E-state index in [0.717, 1.165) is 32.1 Å². The zero-order valence-corrected chi connectivity index (χ0v) is 31.7. The monoisotopic (exact) mass is 775 g/mol. The SMILES string of the molecule is C=C[C@@H]1C[C@]1(NC(=O)[C@@H]1C[C@@H]2CN1C(=O)[C@H](C1CCCC1)NC(=O)N1CC[C@@H](C1)OCCCC=Cc1nc3ccccc3nc1O2)C(=O)NS(=O)(=O)C1CC1. The minimum absolute atomic E-state index is 0.00738. The molecule has 3 aliphatic carbocycles. The van der Waals surface area contributed by atoms with Crippen molar-refractivity contribution in [3.63, 3.8) is 0 Å². The number of urea groups is 1. The van der Waals surface area contributed by atoms with Crippen LogP contribution in [0.25, 0.3) is 17.1 Å². The van der Waals surface area contributed by atoms with Crippen LogP contribution in [0.4, 0.5) is 4.79 Å². The standard InChI is InChI=1S/C39H49N7O8S/c1-2-25-21-39(25,37(49)44-55(51,52)28-15-16-28)43-34(47)32-20-27-23-46(32)36(48)33(24-10-5-6-11-24)42-38(50)45-18-17-26(22-45)53-19-9-3-4-14-31-35(54-27)41-30-13-8-7-12-29(30)40-31/h2,4,7-8,12-14,24-28,32-33H,1,3,5-6,9-11,15-23H2,(H,42,50)(H,43,47)(H,44,49)/t25-,26+,27-,32+,33+,39-/m1/s1. The Morgan fingerprint density at radius 3 is 2.49 bits per heavy atom. The third kappa shape index (κ3) is 7.80. The van der Waals surface area contributed by atoms with Crippen molar-refractivity contribution in [1.29, 1.82) is 0 Å². The van der Waals surface area contributed by atoms with E-state index in [4.69, 9.17) is 19.4 Å². The fourth-order valence-electron chi connectivity index (χ4n) is 8.51. The number of benzene rings is 1. The first kappa shape index (κ1) is 37.4. The van der Waals surface area contributed by atoms with Gasteiger partial charge in [-0.25, -0.2) is 23.2 Å². The first-order valence-corrected chi connectivity index (χ1v) is 21.2. The molecule has 6 aliphatic rings. The first-order valence-electron chi connectivity index (χ1n) is 19.6. The maximum Gasteiger partial charge on any atom is 0.318 e. The van der Waals surface area contributed by atoms with Gasteiger partial charge in [0.1, 0.15) is 29.4 Å². The van der Waals surface area contributed by atoms with Gasteiger partial charge in [0.25, 0.3) is 5.91 Å². The van der Waals surface area contributed by atoms with Crippen molar-refractivity contribution in [3.8, 4) is 5.88 Å². The number of carbonyl (C=O) groups is 4. The van der Waals surface area contributed by atoms with Gasteiger partial charge < -0.3 is 29.9 Å². The van der Waals surface area contributed by atoms with E-state index in [1.807, 2.05) is 36.4 Å². The maximum absolute atomic E-state index is 14.8. The first-order chi connectivity index (χ1) is 26.5. The van der Waals surface area contributed by atoms with E-state index in [2.05, 4.69) is 21.9 Å². The summed E-state index contributed by atoms with van der Waals surface area (Å²) in [5.41, 5.74) is 0.277. The second-order valence-electron chi connectivity index (χ2n) is 15.8. The molecular weight excluding hydrogens is 727 g/mol. The van der Waals surface area contributed by atoms with Crippen molar-refractivity contribution in [1.82, 2.24) is 35.1 Å². The fraction of sp³-hybridized carbons (Fsp3) is 0.590. The fourth-order valence-corrected chi connectivity index (χ4v) is 9.88. The molecule has 5 fully saturated rings. The number of nitrogens with one attached hydrogen (secondary N) is 3. The van der Waals surface area contributed by atoms with E-state index < -0.39 is 62.6 Å². The Kier molecular flexibility index (Phi) is 10.3. The Balaban J connectivity index is 1.12. The average Bonchev–Trinajstić information content (AvgIpc) is 3.94. The summed E-state index contributed by atoms with van der Waals surface area (Å²) in [6.45, 7) is 5.27. The summed E-state index contributed by atoms with van der Waals surface area (Å²) < 4.78 is 40.4. The highest BCUT2D eigenvalue weighted by atomic mass is 32.2. The molecule has 6 atom stereocenters. The lowest BCUT2D eigenvalue weighted by molar-refractivity contribution is -0.142. The van der Waals surface area contributed by atoms with Crippen LogP contribution >= 0.6 is 0 Å². The number of amides is 5. The smallest absolute Gasteiger partial charge is 0.318 e. The quantitative estimate of drug-likeness (QED) is 0.353. The van der Waals surface area contributed by atoms with E-state index >= 15 is 0 Å². The molecule has 0 unspecified atom stereocenters. The molecule has 3 saturated carbocycles. The Bertz CT molecular complexity index is 2000. The van der Waals surface area contributed by atoms with E-state index in [1.54, 1.807) is 4.90 Å². The summed E-state index contributed by atoms with van der Waals surface area (Å²) >= 11 is 0. The zero-order valence-electron chi connectivity index (χ0n) is 30.9. The summed E-state index contributed by atoms with van der Waals surface area (Å²) in [6, 6.07) is 5.10. The molecular formula is C39H49N7O8S. The third-order valence-corrected chi connectivity index (χ3v) is 13.8. The number of carbonyl (C=O) groups excluding carboxylic acids is 4. The highest BCUT2D eigenvalue weighted by Gasteiger charge is 2.62.